The van der Waals surface area contributed by atoms with Crippen molar-refractivity contribution >= 4 is 11.7 Å². The summed E-state index contributed by atoms with van der Waals surface area (Å²) in [6, 6.07) is 17.4. The molecule has 0 amide bonds. The molecule has 0 bridgehead atoms. The Labute approximate surface area is 131 Å². The lowest BCUT2D eigenvalue weighted by atomic mass is 9.76. The molecular weight excluding hydrogens is 274 g/mol. The van der Waals surface area contributed by atoms with Gasteiger partial charge in [0.1, 0.15) is 5.41 Å². The number of carboxylic acid groups (broad SMARTS) is 1. The highest BCUT2D eigenvalue weighted by atomic mass is 16.4. The predicted molar refractivity (Wildman–Crippen MR) is 88.4 cm³/mol. The van der Waals surface area contributed by atoms with E-state index < -0.39 is 11.4 Å². The molecule has 0 spiro atoms. The Bertz CT molecular complexity index is 645. The molecule has 0 aromatic heterocycles. The van der Waals surface area contributed by atoms with Gasteiger partial charge in [-0.15, -0.1) is 0 Å². The number of nitrogens with zero attached hydrogens (tertiary/aromatic N) is 1. The number of anilines is 1. The average molecular weight is 295 g/mol. The molecule has 1 N–H and O–H groups in total. The SMILES string of the molecule is CC(C(=O)O)(c1ccccc1)c1ccc(N2CCCC2)cc1. The summed E-state index contributed by atoms with van der Waals surface area (Å²) in [6.45, 7) is 3.96. The first-order chi connectivity index (χ1) is 10.6. The Hall–Kier alpha value is -2.29. The van der Waals surface area contributed by atoms with Gasteiger partial charge in [0.05, 0.1) is 0 Å². The quantitative estimate of drug-likeness (QED) is 0.935. The minimum absolute atomic E-state index is 0.802. The van der Waals surface area contributed by atoms with Gasteiger partial charge in [0.25, 0.3) is 0 Å². The first-order valence-electron chi connectivity index (χ1n) is 7.77. The van der Waals surface area contributed by atoms with E-state index in [1.165, 1.54) is 18.5 Å². The van der Waals surface area contributed by atoms with E-state index in [9.17, 15) is 9.90 Å². The number of carboxylic acids is 1. The first-order valence-corrected chi connectivity index (χ1v) is 7.77. The van der Waals surface area contributed by atoms with Crippen LogP contribution in [0.3, 0.4) is 0 Å². The molecule has 3 nitrogen and oxygen atoms in total. The standard InChI is InChI=1S/C19H21NO2/c1-19(18(21)22,15-7-3-2-4-8-15)16-9-11-17(12-10-16)20-13-5-6-14-20/h2-4,7-12H,5-6,13-14H2,1H3,(H,21,22). The maximum atomic E-state index is 12.0. The monoisotopic (exact) mass is 295 g/mol. The molecule has 1 heterocycles. The van der Waals surface area contributed by atoms with Gasteiger partial charge in [-0.2, -0.15) is 0 Å². The zero-order valence-electron chi connectivity index (χ0n) is 12.8. The van der Waals surface area contributed by atoms with Gasteiger partial charge in [-0.1, -0.05) is 42.5 Å². The van der Waals surface area contributed by atoms with Crippen molar-refractivity contribution in [1.82, 2.24) is 0 Å². The number of benzene rings is 2. The third-order valence-corrected chi connectivity index (χ3v) is 4.69. The maximum Gasteiger partial charge on any atom is 0.318 e. The smallest absolute Gasteiger partial charge is 0.318 e. The van der Waals surface area contributed by atoms with Gasteiger partial charge < -0.3 is 10.0 Å². The third-order valence-electron chi connectivity index (χ3n) is 4.69. The van der Waals surface area contributed by atoms with Crippen LogP contribution in [0.15, 0.2) is 54.6 Å². The van der Waals surface area contributed by atoms with Crippen LogP contribution in [0.2, 0.25) is 0 Å². The highest BCUT2D eigenvalue weighted by molar-refractivity contribution is 5.85. The van der Waals surface area contributed by atoms with Crippen molar-refractivity contribution in [3.05, 3.63) is 65.7 Å². The van der Waals surface area contributed by atoms with Gasteiger partial charge >= 0.3 is 5.97 Å². The van der Waals surface area contributed by atoms with Crippen molar-refractivity contribution in [2.24, 2.45) is 0 Å². The highest BCUT2D eigenvalue weighted by Crippen LogP contribution is 2.33. The van der Waals surface area contributed by atoms with Crippen LogP contribution >= 0.6 is 0 Å². The minimum Gasteiger partial charge on any atom is -0.480 e. The van der Waals surface area contributed by atoms with Gasteiger partial charge in [0.15, 0.2) is 0 Å². The van der Waals surface area contributed by atoms with E-state index in [0.29, 0.717) is 0 Å². The molecule has 0 saturated carbocycles. The van der Waals surface area contributed by atoms with Gasteiger partial charge in [0, 0.05) is 18.8 Å². The number of carbonyl (C=O) groups is 1. The van der Waals surface area contributed by atoms with E-state index >= 15 is 0 Å². The number of rotatable bonds is 4. The number of hydrogen-bond donors (Lipinski definition) is 1. The normalized spacial score (nSPS) is 17.2. The van der Waals surface area contributed by atoms with Gasteiger partial charge in [-0.05, 0) is 43.0 Å². The van der Waals surface area contributed by atoms with E-state index in [1.807, 2.05) is 54.6 Å². The maximum absolute atomic E-state index is 12.0. The Morgan fingerprint density at radius 1 is 0.955 bits per heavy atom. The van der Waals surface area contributed by atoms with Gasteiger partial charge in [-0.3, -0.25) is 4.79 Å². The molecule has 1 fully saturated rings. The summed E-state index contributed by atoms with van der Waals surface area (Å²) in [5, 5.41) is 9.81. The molecule has 1 aliphatic rings. The van der Waals surface area contributed by atoms with Crippen LogP contribution in [-0.2, 0) is 10.2 Å². The van der Waals surface area contributed by atoms with E-state index in [2.05, 4.69) is 4.90 Å². The first kappa shape index (κ1) is 14.6. The molecule has 0 radical (unpaired) electrons. The van der Waals surface area contributed by atoms with E-state index in [4.69, 9.17) is 0 Å². The van der Waals surface area contributed by atoms with Gasteiger partial charge in [0.2, 0.25) is 0 Å². The molecule has 1 atom stereocenters. The predicted octanol–water partition coefficient (Wildman–Crippen LogP) is 3.68. The largest absolute Gasteiger partial charge is 0.480 e. The molecule has 3 rings (SSSR count). The van der Waals surface area contributed by atoms with E-state index in [0.717, 1.165) is 24.2 Å². The van der Waals surface area contributed by atoms with Crippen molar-refractivity contribution in [1.29, 1.82) is 0 Å². The van der Waals surface area contributed by atoms with Crippen LogP contribution in [-0.4, -0.2) is 24.2 Å². The molecule has 1 saturated heterocycles. The Morgan fingerprint density at radius 3 is 2.05 bits per heavy atom. The Morgan fingerprint density at radius 2 is 1.50 bits per heavy atom. The lowest BCUT2D eigenvalue weighted by Crippen LogP contribution is -2.33. The summed E-state index contributed by atoms with van der Waals surface area (Å²) in [6.07, 6.45) is 2.47. The van der Waals surface area contributed by atoms with Crippen LogP contribution in [0.25, 0.3) is 0 Å². The summed E-state index contributed by atoms with van der Waals surface area (Å²) >= 11 is 0. The Kier molecular flexibility index (Phi) is 3.88. The molecule has 114 valence electrons. The van der Waals surface area contributed by atoms with Crippen LogP contribution in [0.4, 0.5) is 5.69 Å². The molecule has 22 heavy (non-hydrogen) atoms. The second-order valence-electron chi connectivity index (χ2n) is 6.04. The summed E-state index contributed by atoms with van der Waals surface area (Å²) in [7, 11) is 0. The van der Waals surface area contributed by atoms with Crippen LogP contribution < -0.4 is 4.90 Å². The Balaban J connectivity index is 1.97. The molecule has 1 aliphatic heterocycles. The average Bonchev–Trinajstić information content (AvgIpc) is 3.09. The second kappa shape index (κ2) is 5.84. The van der Waals surface area contributed by atoms with Crippen molar-refractivity contribution < 1.29 is 9.90 Å². The van der Waals surface area contributed by atoms with Crippen LogP contribution in [0.5, 0.6) is 0 Å². The molecular formula is C19H21NO2. The second-order valence-corrected chi connectivity index (χ2v) is 6.04. The zero-order chi connectivity index (χ0) is 15.6. The fourth-order valence-electron chi connectivity index (χ4n) is 3.17. The van der Waals surface area contributed by atoms with E-state index in [1.54, 1.807) is 6.92 Å². The molecule has 2 aromatic rings. The number of aliphatic carboxylic acids is 1. The van der Waals surface area contributed by atoms with Gasteiger partial charge in [-0.25, -0.2) is 0 Å². The van der Waals surface area contributed by atoms with Crippen LogP contribution in [0.1, 0.15) is 30.9 Å². The summed E-state index contributed by atoms with van der Waals surface area (Å²) in [4.78, 5) is 14.3. The lowest BCUT2D eigenvalue weighted by molar-refractivity contribution is -0.141. The van der Waals surface area contributed by atoms with Crippen molar-refractivity contribution in [3.63, 3.8) is 0 Å². The summed E-state index contributed by atoms with van der Waals surface area (Å²) < 4.78 is 0. The molecule has 3 heteroatoms. The zero-order valence-corrected chi connectivity index (χ0v) is 12.8. The van der Waals surface area contributed by atoms with Crippen LogP contribution in [0, 0.1) is 0 Å². The number of hydrogen-bond acceptors (Lipinski definition) is 2. The van der Waals surface area contributed by atoms with Crippen molar-refractivity contribution in [2.75, 3.05) is 18.0 Å². The molecule has 1 unspecified atom stereocenters. The fourth-order valence-corrected chi connectivity index (χ4v) is 3.17. The summed E-state index contributed by atoms with van der Waals surface area (Å²) in [5.74, 6) is -0.826. The molecule has 2 aromatic carbocycles. The highest BCUT2D eigenvalue weighted by Gasteiger charge is 2.37. The third kappa shape index (κ3) is 2.47. The molecule has 0 aliphatic carbocycles. The van der Waals surface area contributed by atoms with E-state index in [-0.39, 0.29) is 0 Å². The minimum atomic E-state index is -1.02. The summed E-state index contributed by atoms with van der Waals surface area (Å²) in [5.41, 5.74) is 1.78. The van der Waals surface area contributed by atoms with Crippen molar-refractivity contribution in [2.45, 2.75) is 25.2 Å². The topological polar surface area (TPSA) is 40.5 Å². The fraction of sp³-hybridized carbons (Fsp3) is 0.316. The lowest BCUT2D eigenvalue weighted by Gasteiger charge is -2.27. The van der Waals surface area contributed by atoms with Crippen molar-refractivity contribution in [3.8, 4) is 0 Å².